The van der Waals surface area contributed by atoms with E-state index < -0.39 is 5.91 Å². The Morgan fingerprint density at radius 1 is 1.14 bits per heavy atom. The molecule has 0 radical (unpaired) electrons. The minimum absolute atomic E-state index is 0.0457. The van der Waals surface area contributed by atoms with Gasteiger partial charge in [-0.05, 0) is 30.3 Å². The van der Waals surface area contributed by atoms with E-state index in [0.717, 1.165) is 0 Å². The number of anilines is 1. The monoisotopic (exact) mass is 495 g/mol. The van der Waals surface area contributed by atoms with Crippen LogP contribution in [0.2, 0.25) is 0 Å². The summed E-state index contributed by atoms with van der Waals surface area (Å²) in [6.07, 6.45) is 1.22. The summed E-state index contributed by atoms with van der Waals surface area (Å²) in [6.45, 7) is 0.234. The highest BCUT2D eigenvalue weighted by Gasteiger charge is 2.28. The molecule has 2 aromatic carbocycles. The van der Waals surface area contributed by atoms with Gasteiger partial charge in [0.2, 0.25) is 5.89 Å². The summed E-state index contributed by atoms with van der Waals surface area (Å²) in [7, 11) is 3.05. The minimum Gasteiger partial charge on any atom is -0.493 e. The number of aromatic nitrogens is 1. The molecule has 3 aromatic rings. The molecule has 0 unspecified atom stereocenters. The fourth-order valence-corrected chi connectivity index (χ4v) is 3.49. The highest BCUT2D eigenvalue weighted by molar-refractivity contribution is 6.02. The van der Waals surface area contributed by atoms with Crippen LogP contribution in [0.3, 0.4) is 0 Å². The lowest BCUT2D eigenvalue weighted by Crippen LogP contribution is -2.38. The second-order valence-electron chi connectivity index (χ2n) is 7.69. The Labute approximate surface area is 206 Å². The predicted octanol–water partition coefficient (Wildman–Crippen LogP) is 2.25. The molecule has 1 aromatic heterocycles. The maximum absolute atomic E-state index is 12.8. The van der Waals surface area contributed by atoms with Crippen molar-refractivity contribution in [2.75, 3.05) is 45.5 Å². The van der Waals surface area contributed by atoms with Gasteiger partial charge < -0.3 is 28.7 Å². The van der Waals surface area contributed by atoms with E-state index in [1.54, 1.807) is 42.5 Å². The van der Waals surface area contributed by atoms with E-state index in [1.807, 2.05) is 0 Å². The predicted molar refractivity (Wildman–Crippen MR) is 127 cm³/mol. The molecule has 0 fully saturated rings. The molecule has 2 heterocycles. The molecule has 11 nitrogen and oxygen atoms in total. The van der Waals surface area contributed by atoms with Gasteiger partial charge in [-0.3, -0.25) is 19.3 Å². The Morgan fingerprint density at radius 2 is 1.94 bits per heavy atom. The van der Waals surface area contributed by atoms with Crippen LogP contribution in [0.25, 0.3) is 0 Å². The van der Waals surface area contributed by atoms with E-state index in [0.29, 0.717) is 41.7 Å². The van der Waals surface area contributed by atoms with Crippen molar-refractivity contribution in [3.63, 3.8) is 0 Å². The van der Waals surface area contributed by atoms with Gasteiger partial charge in [0.1, 0.15) is 18.6 Å². The Bertz CT molecular complexity index is 1260. The summed E-state index contributed by atoms with van der Waals surface area (Å²) in [5, 5.41) is 2.65. The molecular weight excluding hydrogens is 470 g/mol. The molecule has 36 heavy (non-hydrogen) atoms. The zero-order valence-electron chi connectivity index (χ0n) is 19.8. The van der Waals surface area contributed by atoms with E-state index in [9.17, 15) is 14.4 Å². The Hall–Kier alpha value is -4.38. The Kier molecular flexibility index (Phi) is 7.81. The molecular formula is C25H25N3O8. The number of rotatable bonds is 11. The zero-order chi connectivity index (χ0) is 25.5. The number of carbonyl (C=O) groups is 3. The first-order valence-electron chi connectivity index (χ1n) is 11.1. The van der Waals surface area contributed by atoms with Crippen molar-refractivity contribution >= 4 is 23.3 Å². The molecule has 4 rings (SSSR count). The number of oxazole rings is 1. The minimum atomic E-state index is -0.418. The quantitative estimate of drug-likeness (QED) is 0.314. The van der Waals surface area contributed by atoms with Crippen LogP contribution >= 0.6 is 0 Å². The molecule has 1 N–H and O–H groups in total. The van der Waals surface area contributed by atoms with Crippen LogP contribution in [0.1, 0.15) is 26.7 Å². The smallest absolute Gasteiger partial charge is 0.273 e. The van der Waals surface area contributed by atoms with Crippen molar-refractivity contribution in [2.45, 2.75) is 6.54 Å². The van der Waals surface area contributed by atoms with Crippen molar-refractivity contribution < 1.29 is 37.7 Å². The number of carbonyl (C=O) groups excluding carboxylic acids is 3. The second-order valence-corrected chi connectivity index (χ2v) is 7.69. The van der Waals surface area contributed by atoms with E-state index in [4.69, 9.17) is 23.4 Å². The lowest BCUT2D eigenvalue weighted by Gasteiger charge is -2.28. The van der Waals surface area contributed by atoms with Crippen molar-refractivity contribution in [1.82, 2.24) is 10.3 Å². The number of para-hydroxylation sites is 2. The van der Waals surface area contributed by atoms with Crippen LogP contribution in [0.4, 0.5) is 5.69 Å². The summed E-state index contributed by atoms with van der Waals surface area (Å²) >= 11 is 0. The summed E-state index contributed by atoms with van der Waals surface area (Å²) in [5.41, 5.74) is 0.802. The largest absolute Gasteiger partial charge is 0.493 e. The number of Topliss-reactive ketones (excluding diaryl/α,β-unsaturated/α-hetero) is 1. The molecule has 0 atom stereocenters. The number of amides is 2. The first-order chi connectivity index (χ1) is 17.5. The molecule has 0 saturated heterocycles. The zero-order valence-corrected chi connectivity index (χ0v) is 19.8. The van der Waals surface area contributed by atoms with E-state index in [2.05, 4.69) is 10.3 Å². The highest BCUT2D eigenvalue weighted by atomic mass is 16.5. The van der Waals surface area contributed by atoms with Crippen molar-refractivity contribution in [2.24, 2.45) is 0 Å². The molecule has 11 heteroatoms. The van der Waals surface area contributed by atoms with Gasteiger partial charge >= 0.3 is 0 Å². The average molecular weight is 495 g/mol. The third-order valence-corrected chi connectivity index (χ3v) is 5.32. The third-order valence-electron chi connectivity index (χ3n) is 5.32. The van der Waals surface area contributed by atoms with Gasteiger partial charge in [-0.25, -0.2) is 4.98 Å². The molecule has 0 aliphatic carbocycles. The number of benzene rings is 2. The van der Waals surface area contributed by atoms with Gasteiger partial charge in [0.15, 0.2) is 36.2 Å². The van der Waals surface area contributed by atoms with Gasteiger partial charge in [-0.15, -0.1) is 0 Å². The van der Waals surface area contributed by atoms with Crippen LogP contribution in [0, 0.1) is 0 Å². The standard InChI is InChI=1S/C25H25N3O8/c1-32-10-9-26-25(31)17-13-36-23(27-17)12-28-18-11-16(7-8-20(18)35-15-24(28)30)19(29)14-34-22-6-4-3-5-21(22)33-2/h3-8,11,13H,9-10,12,14-15H2,1-2H3,(H,26,31). The number of nitrogens with zero attached hydrogens (tertiary/aromatic N) is 2. The van der Waals surface area contributed by atoms with Gasteiger partial charge in [0.05, 0.1) is 19.4 Å². The summed E-state index contributed by atoms with van der Waals surface area (Å²) in [4.78, 5) is 43.2. The van der Waals surface area contributed by atoms with E-state index in [1.165, 1.54) is 25.4 Å². The van der Waals surface area contributed by atoms with Crippen molar-refractivity contribution in [3.05, 3.63) is 65.9 Å². The number of fused-ring (bicyclic) bond motifs is 1. The topological polar surface area (TPSA) is 129 Å². The van der Waals surface area contributed by atoms with Crippen molar-refractivity contribution in [3.8, 4) is 17.2 Å². The molecule has 2 amide bonds. The summed E-state index contributed by atoms with van der Waals surface area (Å²) in [5.74, 6) is 0.481. The lowest BCUT2D eigenvalue weighted by atomic mass is 10.1. The summed E-state index contributed by atoms with van der Waals surface area (Å²) < 4.78 is 26.7. The number of nitrogens with one attached hydrogen (secondary N) is 1. The molecule has 0 saturated carbocycles. The number of ether oxygens (including phenoxy) is 4. The van der Waals surface area contributed by atoms with Crippen LogP contribution in [0.5, 0.6) is 17.2 Å². The van der Waals surface area contributed by atoms with Crippen LogP contribution in [-0.4, -0.2) is 63.2 Å². The normalized spacial score (nSPS) is 12.5. The molecule has 0 spiro atoms. The number of hydrogen-bond donors (Lipinski definition) is 1. The van der Waals surface area contributed by atoms with Crippen molar-refractivity contribution in [1.29, 1.82) is 0 Å². The molecule has 0 bridgehead atoms. The molecule has 188 valence electrons. The van der Waals surface area contributed by atoms with Gasteiger partial charge in [0, 0.05) is 19.2 Å². The molecule has 1 aliphatic rings. The maximum Gasteiger partial charge on any atom is 0.273 e. The number of hydrogen-bond acceptors (Lipinski definition) is 9. The van der Waals surface area contributed by atoms with Gasteiger partial charge in [-0.2, -0.15) is 0 Å². The molecule has 1 aliphatic heterocycles. The second kappa shape index (κ2) is 11.4. The first kappa shape index (κ1) is 24.7. The van der Waals surface area contributed by atoms with Gasteiger partial charge in [-0.1, -0.05) is 12.1 Å². The average Bonchev–Trinajstić information content (AvgIpc) is 3.37. The number of ketones is 1. The highest BCUT2D eigenvalue weighted by Crippen LogP contribution is 2.34. The Morgan fingerprint density at radius 3 is 2.72 bits per heavy atom. The van der Waals surface area contributed by atoms with Crippen LogP contribution < -0.4 is 24.4 Å². The van der Waals surface area contributed by atoms with Crippen LogP contribution in [-0.2, 0) is 16.1 Å². The lowest BCUT2D eigenvalue weighted by molar-refractivity contribution is -0.121. The SMILES string of the molecule is COCCNC(=O)c1coc(CN2C(=O)COc3ccc(C(=O)COc4ccccc4OC)cc32)n1. The van der Waals surface area contributed by atoms with Gasteiger partial charge in [0.25, 0.3) is 11.8 Å². The maximum atomic E-state index is 12.8. The first-order valence-corrected chi connectivity index (χ1v) is 11.1. The fourth-order valence-electron chi connectivity index (χ4n) is 3.49. The number of methoxy groups -OCH3 is 2. The Balaban J connectivity index is 1.48. The fraction of sp³-hybridized carbons (Fsp3) is 0.280. The van der Waals surface area contributed by atoms with E-state index in [-0.39, 0.29) is 43.0 Å². The third kappa shape index (κ3) is 5.63. The summed E-state index contributed by atoms with van der Waals surface area (Å²) in [6, 6.07) is 11.8. The van der Waals surface area contributed by atoms with E-state index >= 15 is 0 Å². The van der Waals surface area contributed by atoms with Crippen LogP contribution in [0.15, 0.2) is 53.1 Å².